The molecule has 0 radical (unpaired) electrons. The van der Waals surface area contributed by atoms with Crippen molar-refractivity contribution in [2.75, 3.05) is 38.3 Å². The smallest absolute Gasteiger partial charge is 0.128 e. The van der Waals surface area contributed by atoms with E-state index >= 15 is 0 Å². The minimum absolute atomic E-state index is 0.576. The van der Waals surface area contributed by atoms with E-state index < -0.39 is 0 Å². The summed E-state index contributed by atoms with van der Waals surface area (Å²) >= 11 is 0. The van der Waals surface area contributed by atoms with Gasteiger partial charge in [0.05, 0.1) is 30.5 Å². The first-order valence-electron chi connectivity index (χ1n) is 11.3. The zero-order chi connectivity index (χ0) is 21.7. The lowest BCUT2D eigenvalue weighted by molar-refractivity contribution is 0.161. The Bertz CT molecular complexity index is 1220. The summed E-state index contributed by atoms with van der Waals surface area (Å²) in [6.07, 6.45) is 11.2. The van der Waals surface area contributed by atoms with Crippen LogP contribution in [-0.4, -0.2) is 64.9 Å². The molecule has 0 amide bonds. The predicted octanol–water partition coefficient (Wildman–Crippen LogP) is 3.35. The van der Waals surface area contributed by atoms with Crippen LogP contribution in [0.2, 0.25) is 0 Å². The fourth-order valence-electron chi connectivity index (χ4n) is 5.42. The van der Waals surface area contributed by atoms with Crippen LogP contribution in [0.15, 0.2) is 42.9 Å². The molecule has 2 fully saturated rings. The molecule has 2 unspecified atom stereocenters. The molecule has 0 N–H and O–H groups in total. The third-order valence-electron chi connectivity index (χ3n) is 7.30. The third kappa shape index (κ3) is 3.19. The van der Waals surface area contributed by atoms with Gasteiger partial charge in [-0.25, -0.2) is 9.50 Å². The van der Waals surface area contributed by atoms with Crippen LogP contribution in [0.5, 0.6) is 0 Å². The SMILES string of the molecule is CN1C2CCC1CN(c1ccc(-c3cc(C4=CCOCC4)cn4ncc(C#N)c34)cn1)C2. The Morgan fingerprint density at radius 1 is 1.12 bits per heavy atom. The molecule has 0 saturated carbocycles. The molecular weight excluding hydrogens is 400 g/mol. The molecule has 3 aliphatic rings. The Labute approximate surface area is 187 Å². The summed E-state index contributed by atoms with van der Waals surface area (Å²) in [5.41, 5.74) is 5.76. The van der Waals surface area contributed by atoms with Gasteiger partial charge >= 0.3 is 0 Å². The molecule has 7 heteroatoms. The summed E-state index contributed by atoms with van der Waals surface area (Å²) in [5, 5.41) is 14.1. The monoisotopic (exact) mass is 426 g/mol. The highest BCUT2D eigenvalue weighted by molar-refractivity contribution is 5.87. The number of piperazine rings is 1. The molecule has 2 bridgehead atoms. The number of likely N-dealkylation sites (N-methyl/N-ethyl adjacent to an activating group) is 1. The molecule has 2 atom stereocenters. The second kappa shape index (κ2) is 7.73. The Hall–Kier alpha value is -3.21. The van der Waals surface area contributed by atoms with Crippen LogP contribution < -0.4 is 4.90 Å². The van der Waals surface area contributed by atoms with E-state index in [4.69, 9.17) is 9.72 Å². The summed E-state index contributed by atoms with van der Waals surface area (Å²) in [4.78, 5) is 9.80. The summed E-state index contributed by atoms with van der Waals surface area (Å²) in [6.45, 7) is 3.44. The lowest BCUT2D eigenvalue weighted by atomic mass is 9.98. The second-order valence-corrected chi connectivity index (χ2v) is 9.02. The molecule has 0 aliphatic carbocycles. The highest BCUT2D eigenvalue weighted by Gasteiger charge is 2.37. The van der Waals surface area contributed by atoms with E-state index in [2.05, 4.69) is 52.3 Å². The second-order valence-electron chi connectivity index (χ2n) is 9.02. The van der Waals surface area contributed by atoms with Crippen molar-refractivity contribution in [2.24, 2.45) is 0 Å². The Balaban J connectivity index is 1.39. The number of hydrogen-bond acceptors (Lipinski definition) is 6. The first kappa shape index (κ1) is 19.5. The number of aromatic nitrogens is 3. The van der Waals surface area contributed by atoms with E-state index in [1.54, 1.807) is 6.20 Å². The van der Waals surface area contributed by atoms with E-state index in [0.29, 0.717) is 24.3 Å². The van der Waals surface area contributed by atoms with E-state index in [1.807, 2.05) is 16.9 Å². The van der Waals surface area contributed by atoms with Gasteiger partial charge in [0.15, 0.2) is 0 Å². The van der Waals surface area contributed by atoms with Crippen molar-refractivity contribution in [3.63, 3.8) is 0 Å². The number of fused-ring (bicyclic) bond motifs is 3. The zero-order valence-electron chi connectivity index (χ0n) is 18.2. The maximum absolute atomic E-state index is 9.65. The van der Waals surface area contributed by atoms with Gasteiger partial charge in [-0.2, -0.15) is 10.4 Å². The molecule has 7 nitrogen and oxygen atoms in total. The topological polar surface area (TPSA) is 69.7 Å². The van der Waals surface area contributed by atoms with E-state index in [1.165, 1.54) is 18.4 Å². The van der Waals surface area contributed by atoms with Crippen molar-refractivity contribution >= 4 is 16.9 Å². The summed E-state index contributed by atoms with van der Waals surface area (Å²) < 4.78 is 7.31. The Morgan fingerprint density at radius 3 is 2.66 bits per heavy atom. The molecular formula is C25H26N6O. The molecule has 6 heterocycles. The molecule has 3 aliphatic heterocycles. The fraction of sp³-hybridized carbons (Fsp3) is 0.400. The number of rotatable bonds is 3. The molecule has 3 aromatic rings. The lowest BCUT2D eigenvalue weighted by Crippen LogP contribution is -2.52. The largest absolute Gasteiger partial charge is 0.377 e. The summed E-state index contributed by atoms with van der Waals surface area (Å²) in [7, 11) is 2.25. The zero-order valence-corrected chi connectivity index (χ0v) is 18.2. The van der Waals surface area contributed by atoms with Crippen molar-refractivity contribution in [3.8, 4) is 17.2 Å². The van der Waals surface area contributed by atoms with Gasteiger partial charge in [-0.15, -0.1) is 0 Å². The van der Waals surface area contributed by atoms with Gasteiger partial charge < -0.3 is 9.64 Å². The first-order valence-corrected chi connectivity index (χ1v) is 11.3. The van der Waals surface area contributed by atoms with Crippen LogP contribution in [0, 0.1) is 11.3 Å². The Kier molecular flexibility index (Phi) is 4.71. The first-order chi connectivity index (χ1) is 15.7. The summed E-state index contributed by atoms with van der Waals surface area (Å²) in [5.74, 6) is 1.03. The maximum Gasteiger partial charge on any atom is 0.128 e. The molecule has 0 aromatic carbocycles. The van der Waals surface area contributed by atoms with Crippen LogP contribution in [0.25, 0.3) is 22.2 Å². The standard InChI is InChI=1S/C25H26N6O/c1-29-21-3-4-22(29)16-30(15-21)24-5-2-18(12-27-24)23-10-19(17-6-8-32-9-7-17)14-31-25(23)20(11-26)13-28-31/h2,5-6,10,12-14,21-22H,3-4,7-9,15-16H2,1H3. The molecule has 6 rings (SSSR count). The van der Waals surface area contributed by atoms with Crippen molar-refractivity contribution in [2.45, 2.75) is 31.3 Å². The maximum atomic E-state index is 9.65. The van der Waals surface area contributed by atoms with Gasteiger partial charge in [-0.1, -0.05) is 6.08 Å². The highest BCUT2D eigenvalue weighted by Crippen LogP contribution is 2.34. The van der Waals surface area contributed by atoms with Gasteiger partial charge in [0.25, 0.3) is 0 Å². The molecule has 32 heavy (non-hydrogen) atoms. The normalized spacial score (nSPS) is 23.4. The number of nitrogens with zero attached hydrogens (tertiary/aromatic N) is 6. The van der Waals surface area contributed by atoms with Crippen molar-refractivity contribution < 1.29 is 4.74 Å². The third-order valence-corrected chi connectivity index (χ3v) is 7.30. The van der Waals surface area contributed by atoms with Crippen LogP contribution in [0.4, 0.5) is 5.82 Å². The molecule has 3 aromatic heterocycles. The van der Waals surface area contributed by atoms with Crippen molar-refractivity contribution in [3.05, 3.63) is 54.0 Å². The van der Waals surface area contributed by atoms with Gasteiger partial charge in [-0.3, -0.25) is 4.90 Å². The van der Waals surface area contributed by atoms with Crippen LogP contribution in [-0.2, 0) is 4.74 Å². The lowest BCUT2D eigenvalue weighted by Gasteiger charge is -2.39. The minimum atomic E-state index is 0.576. The van der Waals surface area contributed by atoms with Crippen LogP contribution in [0.3, 0.4) is 0 Å². The Morgan fingerprint density at radius 2 is 1.97 bits per heavy atom. The molecule has 162 valence electrons. The number of nitriles is 1. The summed E-state index contributed by atoms with van der Waals surface area (Å²) in [6, 6.07) is 9.98. The number of anilines is 1. The van der Waals surface area contributed by atoms with E-state index in [9.17, 15) is 5.26 Å². The molecule has 2 saturated heterocycles. The average molecular weight is 427 g/mol. The number of hydrogen-bond donors (Lipinski definition) is 0. The molecule has 0 spiro atoms. The highest BCUT2D eigenvalue weighted by atomic mass is 16.5. The quantitative estimate of drug-likeness (QED) is 0.640. The van der Waals surface area contributed by atoms with E-state index in [-0.39, 0.29) is 0 Å². The van der Waals surface area contributed by atoms with E-state index in [0.717, 1.165) is 54.1 Å². The average Bonchev–Trinajstić information content (AvgIpc) is 3.33. The van der Waals surface area contributed by atoms with Gasteiger partial charge in [0.1, 0.15) is 11.9 Å². The predicted molar refractivity (Wildman–Crippen MR) is 123 cm³/mol. The van der Waals surface area contributed by atoms with Crippen LogP contribution >= 0.6 is 0 Å². The van der Waals surface area contributed by atoms with Gasteiger partial charge in [0, 0.05) is 48.7 Å². The number of pyridine rings is 2. The van der Waals surface area contributed by atoms with Gasteiger partial charge in [0.2, 0.25) is 0 Å². The minimum Gasteiger partial charge on any atom is -0.377 e. The number of ether oxygens (including phenoxy) is 1. The van der Waals surface area contributed by atoms with Crippen LogP contribution in [0.1, 0.15) is 30.4 Å². The van der Waals surface area contributed by atoms with Gasteiger partial charge in [-0.05, 0) is 55.6 Å². The van der Waals surface area contributed by atoms with Crippen molar-refractivity contribution in [1.82, 2.24) is 19.5 Å². The fourth-order valence-corrected chi connectivity index (χ4v) is 5.42. The van der Waals surface area contributed by atoms with Crippen molar-refractivity contribution in [1.29, 1.82) is 5.26 Å².